The Morgan fingerprint density at radius 2 is 1.85 bits per heavy atom. The smallest absolute Gasteiger partial charge is 0.321 e. The molecule has 1 aromatic rings. The lowest BCUT2D eigenvalue weighted by atomic mass is 10.1. The average Bonchev–Trinajstić information content (AvgIpc) is 2.60. The molecule has 3 N–H and O–H groups in total. The molecule has 8 nitrogen and oxygen atoms in total. The van der Waals surface area contributed by atoms with Gasteiger partial charge in [0.25, 0.3) is 0 Å². The third kappa shape index (κ3) is 9.60. The van der Waals surface area contributed by atoms with Crippen molar-refractivity contribution in [3.05, 3.63) is 24.3 Å². The molecule has 0 saturated carbocycles. The summed E-state index contributed by atoms with van der Waals surface area (Å²) >= 11 is 0. The van der Waals surface area contributed by atoms with E-state index in [1.54, 1.807) is 36.3 Å². The highest BCUT2D eigenvalue weighted by Gasteiger charge is 2.15. The van der Waals surface area contributed by atoms with E-state index >= 15 is 0 Å². The van der Waals surface area contributed by atoms with Crippen molar-refractivity contribution in [1.82, 2.24) is 15.5 Å². The Morgan fingerprint density at radius 3 is 2.48 bits per heavy atom. The number of hydrogen-bond acceptors (Lipinski definition) is 5. The van der Waals surface area contributed by atoms with Crippen LogP contribution in [0.15, 0.2) is 24.3 Å². The van der Waals surface area contributed by atoms with Crippen LogP contribution in [0.4, 0.5) is 10.5 Å². The second-order valence-corrected chi connectivity index (χ2v) is 6.57. The Balaban J connectivity index is 2.42. The van der Waals surface area contributed by atoms with Gasteiger partial charge in [-0.2, -0.15) is 0 Å². The van der Waals surface area contributed by atoms with Gasteiger partial charge >= 0.3 is 6.03 Å². The van der Waals surface area contributed by atoms with E-state index in [1.807, 2.05) is 6.92 Å². The van der Waals surface area contributed by atoms with E-state index in [9.17, 15) is 14.4 Å². The van der Waals surface area contributed by atoms with Crippen molar-refractivity contribution in [3.8, 4) is 5.75 Å². The number of methoxy groups -OCH3 is 1. The van der Waals surface area contributed by atoms with E-state index in [1.165, 1.54) is 0 Å². The highest BCUT2D eigenvalue weighted by Crippen LogP contribution is 2.16. The van der Waals surface area contributed by atoms with Crippen LogP contribution in [0.5, 0.6) is 5.75 Å². The van der Waals surface area contributed by atoms with E-state index < -0.39 is 11.9 Å². The predicted molar refractivity (Wildman–Crippen MR) is 105 cm³/mol. The molecule has 1 aromatic carbocycles. The zero-order chi connectivity index (χ0) is 20.2. The molecule has 27 heavy (non-hydrogen) atoms. The molecule has 0 spiro atoms. The van der Waals surface area contributed by atoms with Crippen LogP contribution in [0.1, 0.15) is 27.2 Å². The summed E-state index contributed by atoms with van der Waals surface area (Å²) in [6.07, 6.45) is 0.840. The summed E-state index contributed by atoms with van der Waals surface area (Å²) in [6, 6.07) is 6.51. The van der Waals surface area contributed by atoms with Crippen LogP contribution in [-0.2, 0) is 9.59 Å². The number of hydrogen-bond donors (Lipinski definition) is 3. The zero-order valence-corrected chi connectivity index (χ0v) is 16.5. The Labute approximate surface area is 160 Å². The fraction of sp³-hybridized carbons (Fsp3) is 0.526. The second kappa shape index (κ2) is 11.9. The Kier molecular flexibility index (Phi) is 9.89. The molecule has 0 aliphatic carbocycles. The van der Waals surface area contributed by atoms with E-state index in [0.717, 1.165) is 6.42 Å². The third-order valence-electron chi connectivity index (χ3n) is 3.80. The van der Waals surface area contributed by atoms with Crippen molar-refractivity contribution in [2.24, 2.45) is 5.92 Å². The molecule has 0 atom stereocenters. The average molecular weight is 378 g/mol. The van der Waals surface area contributed by atoms with Gasteiger partial charge in [-0.05, 0) is 31.0 Å². The van der Waals surface area contributed by atoms with Gasteiger partial charge in [-0.15, -0.1) is 0 Å². The summed E-state index contributed by atoms with van der Waals surface area (Å²) in [6.45, 7) is 6.95. The maximum absolute atomic E-state index is 12.2. The van der Waals surface area contributed by atoms with Gasteiger partial charge in [-0.25, -0.2) is 4.79 Å². The van der Waals surface area contributed by atoms with Gasteiger partial charge in [-0.3, -0.25) is 19.8 Å². The van der Waals surface area contributed by atoms with Crippen molar-refractivity contribution >= 4 is 23.5 Å². The van der Waals surface area contributed by atoms with Crippen molar-refractivity contribution in [2.75, 3.05) is 38.6 Å². The number of urea groups is 1. The maximum Gasteiger partial charge on any atom is 0.321 e. The molecule has 0 radical (unpaired) electrons. The number of carbonyl (C=O) groups is 3. The van der Waals surface area contributed by atoms with Crippen LogP contribution in [0.2, 0.25) is 0 Å². The molecule has 0 aromatic heterocycles. The number of nitrogens with zero attached hydrogens (tertiary/aromatic N) is 1. The summed E-state index contributed by atoms with van der Waals surface area (Å²) in [5.74, 6) is 0.412. The Hall–Kier alpha value is -2.61. The number of imide groups is 1. The molecule has 1 rings (SSSR count). The molecular formula is C19H30N4O4. The lowest BCUT2D eigenvalue weighted by Crippen LogP contribution is -2.46. The minimum atomic E-state index is -0.516. The minimum Gasteiger partial charge on any atom is -0.497 e. The van der Waals surface area contributed by atoms with Crippen LogP contribution in [0.25, 0.3) is 0 Å². The van der Waals surface area contributed by atoms with Crippen LogP contribution in [-0.4, -0.2) is 56.0 Å². The number of ether oxygens (including phenoxy) is 1. The summed E-state index contributed by atoms with van der Waals surface area (Å²) < 4.78 is 5.12. The molecule has 8 heteroatoms. The first-order valence-corrected chi connectivity index (χ1v) is 9.08. The molecule has 0 aliphatic rings. The summed E-state index contributed by atoms with van der Waals surface area (Å²) in [5, 5.41) is 7.68. The Bertz CT molecular complexity index is 634. The van der Waals surface area contributed by atoms with Gasteiger partial charge in [0.1, 0.15) is 5.75 Å². The number of nitrogens with one attached hydrogen (secondary N) is 3. The number of carbonyl (C=O) groups excluding carboxylic acids is 3. The van der Waals surface area contributed by atoms with Crippen molar-refractivity contribution in [3.63, 3.8) is 0 Å². The molecule has 0 heterocycles. The third-order valence-corrected chi connectivity index (χ3v) is 3.80. The topological polar surface area (TPSA) is 99.8 Å². The summed E-state index contributed by atoms with van der Waals surface area (Å²) in [5.41, 5.74) is 0.615. The first-order chi connectivity index (χ1) is 12.8. The van der Waals surface area contributed by atoms with Gasteiger partial charge in [0.05, 0.1) is 20.2 Å². The largest absolute Gasteiger partial charge is 0.497 e. The number of benzene rings is 1. The molecular weight excluding hydrogens is 348 g/mol. The Morgan fingerprint density at radius 1 is 1.15 bits per heavy atom. The van der Waals surface area contributed by atoms with Gasteiger partial charge in [0, 0.05) is 18.3 Å². The van der Waals surface area contributed by atoms with Crippen LogP contribution in [0, 0.1) is 5.92 Å². The van der Waals surface area contributed by atoms with Crippen molar-refractivity contribution < 1.29 is 19.1 Å². The maximum atomic E-state index is 12.2. The number of likely N-dealkylation sites (N-methyl/N-ethyl adjacent to an activating group) is 1. The van der Waals surface area contributed by atoms with Crippen LogP contribution < -0.4 is 20.7 Å². The summed E-state index contributed by atoms with van der Waals surface area (Å²) in [7, 11) is 1.55. The highest BCUT2D eigenvalue weighted by molar-refractivity contribution is 5.96. The first kappa shape index (κ1) is 22.4. The number of anilines is 1. The molecule has 4 amide bonds. The zero-order valence-electron chi connectivity index (χ0n) is 16.5. The lowest BCUT2D eigenvalue weighted by molar-refractivity contribution is -0.122. The number of amides is 4. The van der Waals surface area contributed by atoms with Crippen molar-refractivity contribution in [1.29, 1.82) is 0 Å². The van der Waals surface area contributed by atoms with E-state index in [0.29, 0.717) is 30.4 Å². The van der Waals surface area contributed by atoms with Gasteiger partial charge in [-0.1, -0.05) is 26.8 Å². The van der Waals surface area contributed by atoms with E-state index in [-0.39, 0.29) is 19.0 Å². The van der Waals surface area contributed by atoms with Crippen LogP contribution >= 0.6 is 0 Å². The molecule has 0 bridgehead atoms. The van der Waals surface area contributed by atoms with Crippen molar-refractivity contribution in [2.45, 2.75) is 27.2 Å². The predicted octanol–water partition coefficient (Wildman–Crippen LogP) is 1.83. The van der Waals surface area contributed by atoms with Gasteiger partial charge in [0.15, 0.2) is 0 Å². The monoisotopic (exact) mass is 378 g/mol. The molecule has 0 unspecified atom stereocenters. The second-order valence-electron chi connectivity index (χ2n) is 6.57. The minimum absolute atomic E-state index is 0.0378. The molecule has 150 valence electrons. The SMILES string of the molecule is CCN(CC(=O)NC(=O)NCCC(C)C)CC(=O)Nc1cccc(OC)c1. The summed E-state index contributed by atoms with van der Waals surface area (Å²) in [4.78, 5) is 37.5. The molecule has 0 aliphatic heterocycles. The quantitative estimate of drug-likeness (QED) is 0.577. The molecule has 0 saturated heterocycles. The number of rotatable bonds is 10. The van der Waals surface area contributed by atoms with Gasteiger partial charge in [0.2, 0.25) is 11.8 Å². The standard InChI is InChI=1S/C19H30N4O4/c1-5-23(13-18(25)22-19(26)20-10-9-14(2)3)12-17(24)21-15-7-6-8-16(11-15)27-4/h6-8,11,14H,5,9-10,12-13H2,1-4H3,(H,21,24)(H2,20,22,25,26). The fourth-order valence-corrected chi connectivity index (χ4v) is 2.27. The first-order valence-electron chi connectivity index (χ1n) is 9.08. The van der Waals surface area contributed by atoms with E-state index in [2.05, 4.69) is 29.8 Å². The van der Waals surface area contributed by atoms with E-state index in [4.69, 9.17) is 4.74 Å². The molecule has 0 fully saturated rings. The van der Waals surface area contributed by atoms with Crippen LogP contribution in [0.3, 0.4) is 0 Å². The van der Waals surface area contributed by atoms with Gasteiger partial charge < -0.3 is 15.4 Å². The lowest BCUT2D eigenvalue weighted by Gasteiger charge is -2.19. The normalized spacial score (nSPS) is 10.6. The fourth-order valence-electron chi connectivity index (χ4n) is 2.27. The highest BCUT2D eigenvalue weighted by atomic mass is 16.5.